The van der Waals surface area contributed by atoms with E-state index < -0.39 is 67.0 Å². The molecule has 3 aliphatic heterocycles. The first-order valence-electron chi connectivity index (χ1n) is 17.2. The monoisotopic (exact) mass is 688 g/mol. The van der Waals surface area contributed by atoms with Crippen LogP contribution in [-0.4, -0.2) is 135 Å². The highest BCUT2D eigenvalue weighted by Crippen LogP contribution is 2.31. The van der Waals surface area contributed by atoms with Crippen LogP contribution < -0.4 is 0 Å². The highest BCUT2D eigenvalue weighted by molar-refractivity contribution is 5.68. The summed E-state index contributed by atoms with van der Waals surface area (Å²) in [6, 6.07) is 18.3. The quantitative estimate of drug-likeness (QED) is 0.233. The third-order valence-electron chi connectivity index (χ3n) is 9.17. The van der Waals surface area contributed by atoms with Gasteiger partial charge in [-0.05, 0) is 40.0 Å². The minimum Gasteiger partial charge on any atom is -0.444 e. The van der Waals surface area contributed by atoms with Gasteiger partial charge < -0.3 is 54.1 Å². The van der Waals surface area contributed by atoms with E-state index in [0.29, 0.717) is 44.5 Å². The van der Waals surface area contributed by atoms with E-state index in [1.807, 2.05) is 86.3 Å². The van der Waals surface area contributed by atoms with E-state index in [2.05, 4.69) is 0 Å². The van der Waals surface area contributed by atoms with Crippen molar-refractivity contribution in [2.24, 2.45) is 0 Å². The standard InChI is InChI=1S/C36H52N2O11/c1-36(2,3)49-35(44)37-17-14-25(15-18-37)38(20-26(39)30(42)29-16-19-45-33(47-29)23-10-6-4-7-11-23)21-27(40)31(43)32-28(41)22-46-34(48-32)24-12-8-5-9-13-24/h4-13,25-34,39-43H,14-22H2,1-3H3/t26-,27-,28+,29+,30+,31+,32+,33?,34?/m0/s1. The van der Waals surface area contributed by atoms with Crippen molar-refractivity contribution >= 4 is 6.09 Å². The van der Waals surface area contributed by atoms with E-state index in [1.54, 1.807) is 4.90 Å². The molecule has 272 valence electrons. The van der Waals surface area contributed by atoms with Gasteiger partial charge in [-0.3, -0.25) is 4.90 Å². The van der Waals surface area contributed by atoms with Gasteiger partial charge in [-0.2, -0.15) is 0 Å². The number of hydrogen-bond acceptors (Lipinski definition) is 12. The van der Waals surface area contributed by atoms with Crippen LogP contribution in [-0.2, 0) is 23.7 Å². The van der Waals surface area contributed by atoms with Crippen molar-refractivity contribution in [3.05, 3.63) is 71.8 Å². The SMILES string of the molecule is CC(C)(C)OC(=O)N1CCC(N(C[C@H](O)[C@@H](O)[C@H]2CCOC(c3ccccc3)O2)C[C@H](O)[C@@H](O)[C@@H]2OC(c3ccccc3)OC[C@H]2O)CC1. The molecule has 49 heavy (non-hydrogen) atoms. The Morgan fingerprint density at radius 2 is 1.39 bits per heavy atom. The molecular weight excluding hydrogens is 636 g/mol. The highest BCUT2D eigenvalue weighted by atomic mass is 16.7. The normalized spacial score (nSPS) is 28.1. The Kier molecular flexibility index (Phi) is 13.0. The highest BCUT2D eigenvalue weighted by Gasteiger charge is 2.42. The first-order valence-corrected chi connectivity index (χ1v) is 17.2. The lowest BCUT2D eigenvalue weighted by Gasteiger charge is -2.43. The van der Waals surface area contributed by atoms with E-state index in [0.717, 1.165) is 5.56 Å². The average Bonchev–Trinajstić information content (AvgIpc) is 3.11. The van der Waals surface area contributed by atoms with Gasteiger partial charge in [-0.15, -0.1) is 0 Å². The maximum absolute atomic E-state index is 12.7. The van der Waals surface area contributed by atoms with Crippen LogP contribution in [0.5, 0.6) is 0 Å². The summed E-state index contributed by atoms with van der Waals surface area (Å²) in [5.74, 6) is 0. The van der Waals surface area contributed by atoms with Crippen molar-refractivity contribution in [3.63, 3.8) is 0 Å². The molecule has 0 aromatic heterocycles. The molecule has 5 N–H and O–H groups in total. The van der Waals surface area contributed by atoms with Crippen molar-refractivity contribution in [2.75, 3.05) is 39.4 Å². The number of ether oxygens (including phenoxy) is 5. The molecule has 3 aliphatic rings. The fraction of sp³-hybridized carbons (Fsp3) is 0.639. The molecule has 9 atom stereocenters. The number of aliphatic hydroxyl groups excluding tert-OH is 5. The molecule has 1 amide bonds. The van der Waals surface area contributed by atoms with Gasteiger partial charge in [0.1, 0.15) is 30.0 Å². The number of hydrogen-bond donors (Lipinski definition) is 5. The number of benzene rings is 2. The van der Waals surface area contributed by atoms with Gasteiger partial charge in [0, 0.05) is 43.3 Å². The summed E-state index contributed by atoms with van der Waals surface area (Å²) in [6.07, 6.45) is -9.04. The minimum atomic E-state index is -1.50. The van der Waals surface area contributed by atoms with Crippen LogP contribution >= 0.6 is 0 Å². The van der Waals surface area contributed by atoms with Crippen LogP contribution in [0.25, 0.3) is 0 Å². The lowest BCUT2D eigenvalue weighted by molar-refractivity contribution is -0.283. The van der Waals surface area contributed by atoms with Crippen molar-refractivity contribution in [2.45, 2.75) is 107 Å². The van der Waals surface area contributed by atoms with Gasteiger partial charge in [-0.25, -0.2) is 4.79 Å². The molecule has 3 heterocycles. The molecule has 0 bridgehead atoms. The second-order valence-electron chi connectivity index (χ2n) is 14.1. The molecule has 2 aromatic rings. The summed E-state index contributed by atoms with van der Waals surface area (Å²) in [7, 11) is 0. The third-order valence-corrected chi connectivity index (χ3v) is 9.17. The summed E-state index contributed by atoms with van der Waals surface area (Å²) < 4.78 is 29.0. The lowest BCUT2D eigenvalue weighted by Crippen LogP contribution is -2.57. The van der Waals surface area contributed by atoms with Crippen molar-refractivity contribution in [3.8, 4) is 0 Å². The minimum absolute atomic E-state index is 0.0530. The zero-order valence-electron chi connectivity index (χ0n) is 28.5. The van der Waals surface area contributed by atoms with Gasteiger partial charge in [-0.1, -0.05) is 60.7 Å². The molecule has 2 unspecified atom stereocenters. The third kappa shape index (κ3) is 10.2. The molecular formula is C36H52N2O11. The van der Waals surface area contributed by atoms with Crippen molar-refractivity contribution in [1.29, 1.82) is 0 Å². The fourth-order valence-electron chi connectivity index (χ4n) is 6.52. The number of piperidine rings is 1. The molecule has 3 fully saturated rings. The van der Waals surface area contributed by atoms with E-state index in [9.17, 15) is 30.3 Å². The van der Waals surface area contributed by atoms with Crippen LogP contribution in [0.1, 0.15) is 63.7 Å². The Morgan fingerprint density at radius 1 is 0.837 bits per heavy atom. The van der Waals surface area contributed by atoms with E-state index in [1.165, 1.54) is 0 Å². The summed E-state index contributed by atoms with van der Waals surface area (Å²) in [5.41, 5.74) is 0.875. The van der Waals surface area contributed by atoms with Crippen LogP contribution in [0.4, 0.5) is 4.79 Å². The van der Waals surface area contributed by atoms with E-state index in [4.69, 9.17) is 23.7 Å². The molecule has 0 spiro atoms. The van der Waals surface area contributed by atoms with E-state index in [-0.39, 0.29) is 25.7 Å². The van der Waals surface area contributed by atoms with Crippen LogP contribution in [0.3, 0.4) is 0 Å². The molecule has 13 nitrogen and oxygen atoms in total. The topological polar surface area (TPSA) is 171 Å². The Labute approximate surface area is 287 Å². The van der Waals surface area contributed by atoms with Gasteiger partial charge in [0.2, 0.25) is 0 Å². The zero-order chi connectivity index (χ0) is 35.1. The predicted molar refractivity (Wildman–Crippen MR) is 177 cm³/mol. The van der Waals surface area contributed by atoms with Crippen LogP contribution in [0.15, 0.2) is 60.7 Å². The summed E-state index contributed by atoms with van der Waals surface area (Å²) in [4.78, 5) is 16.2. The molecule has 0 saturated carbocycles. The summed E-state index contributed by atoms with van der Waals surface area (Å²) >= 11 is 0. The maximum atomic E-state index is 12.7. The fourth-order valence-corrected chi connectivity index (χ4v) is 6.52. The molecule has 0 aliphatic carbocycles. The Hall–Kier alpha value is -2.69. The number of nitrogens with zero attached hydrogens (tertiary/aromatic N) is 2. The average molecular weight is 689 g/mol. The molecule has 5 rings (SSSR count). The smallest absolute Gasteiger partial charge is 0.410 e. The number of carbonyl (C=O) groups is 1. The Balaban J connectivity index is 1.26. The zero-order valence-corrected chi connectivity index (χ0v) is 28.5. The van der Waals surface area contributed by atoms with Crippen molar-refractivity contribution < 1.29 is 54.0 Å². The van der Waals surface area contributed by atoms with Gasteiger partial charge in [0.25, 0.3) is 0 Å². The largest absolute Gasteiger partial charge is 0.444 e. The lowest BCUT2D eigenvalue weighted by atomic mass is 9.97. The predicted octanol–water partition coefficient (Wildman–Crippen LogP) is 2.11. The number of amides is 1. The number of carbonyl (C=O) groups excluding carboxylic acids is 1. The van der Waals surface area contributed by atoms with Gasteiger partial charge in [0.05, 0.1) is 31.5 Å². The Morgan fingerprint density at radius 3 is 1.96 bits per heavy atom. The van der Waals surface area contributed by atoms with Crippen molar-refractivity contribution in [1.82, 2.24) is 9.80 Å². The van der Waals surface area contributed by atoms with Crippen LogP contribution in [0.2, 0.25) is 0 Å². The van der Waals surface area contributed by atoms with Gasteiger partial charge in [0.15, 0.2) is 12.6 Å². The second kappa shape index (κ2) is 17.0. The Bertz CT molecular complexity index is 1290. The van der Waals surface area contributed by atoms with Crippen LogP contribution in [0, 0.1) is 0 Å². The number of likely N-dealkylation sites (tertiary alicyclic amines) is 1. The van der Waals surface area contributed by atoms with E-state index >= 15 is 0 Å². The second-order valence-corrected chi connectivity index (χ2v) is 14.1. The number of aliphatic hydroxyl groups is 5. The molecule has 2 aromatic carbocycles. The molecule has 13 heteroatoms. The summed E-state index contributed by atoms with van der Waals surface area (Å²) in [6.45, 7) is 6.28. The molecule has 3 saturated heterocycles. The maximum Gasteiger partial charge on any atom is 0.410 e. The number of rotatable bonds is 11. The molecule has 0 radical (unpaired) electrons. The van der Waals surface area contributed by atoms with Gasteiger partial charge >= 0.3 is 6.09 Å². The first-order chi connectivity index (χ1) is 23.4. The first kappa shape index (κ1) is 37.6. The summed E-state index contributed by atoms with van der Waals surface area (Å²) in [5, 5.41) is 56.0.